The van der Waals surface area contributed by atoms with E-state index < -0.39 is 0 Å². The molecular formula is C11H19N3. The van der Waals surface area contributed by atoms with Gasteiger partial charge in [-0.25, -0.2) is 4.98 Å². The summed E-state index contributed by atoms with van der Waals surface area (Å²) in [4.78, 5) is 4.51. The Hall–Kier alpha value is -0.830. The minimum Gasteiger partial charge on any atom is -0.337 e. The number of imidazole rings is 1. The molecule has 1 aliphatic heterocycles. The van der Waals surface area contributed by atoms with Gasteiger partial charge in [-0.05, 0) is 32.7 Å². The number of nitrogens with one attached hydrogen (secondary N) is 1. The van der Waals surface area contributed by atoms with Gasteiger partial charge >= 0.3 is 0 Å². The molecule has 0 aliphatic carbocycles. The van der Waals surface area contributed by atoms with Gasteiger partial charge in [0.05, 0.1) is 17.6 Å². The predicted molar refractivity (Wildman–Crippen MR) is 57.1 cm³/mol. The number of rotatable bonds is 3. The van der Waals surface area contributed by atoms with Crippen molar-refractivity contribution in [3.8, 4) is 0 Å². The molecule has 3 nitrogen and oxygen atoms in total. The fourth-order valence-corrected chi connectivity index (χ4v) is 2.29. The summed E-state index contributed by atoms with van der Waals surface area (Å²) in [6.45, 7) is 6.52. The Morgan fingerprint density at radius 2 is 2.43 bits per heavy atom. The molecule has 1 atom stereocenters. The minimum atomic E-state index is 0.167. The maximum atomic E-state index is 4.51. The molecule has 2 heterocycles. The highest BCUT2D eigenvalue weighted by Gasteiger charge is 2.35. The van der Waals surface area contributed by atoms with Crippen molar-refractivity contribution in [1.29, 1.82) is 0 Å². The van der Waals surface area contributed by atoms with Gasteiger partial charge in [-0.1, -0.05) is 6.92 Å². The van der Waals surface area contributed by atoms with Crippen LogP contribution in [0.3, 0.4) is 0 Å². The predicted octanol–water partition coefficient (Wildman–Crippen LogP) is 1.89. The molecule has 1 aromatic rings. The third-order valence-corrected chi connectivity index (χ3v) is 3.34. The molecule has 0 bridgehead atoms. The average molecular weight is 193 g/mol. The summed E-state index contributed by atoms with van der Waals surface area (Å²) in [6.07, 6.45) is 7.75. The van der Waals surface area contributed by atoms with Gasteiger partial charge < -0.3 is 9.88 Å². The van der Waals surface area contributed by atoms with Crippen LogP contribution < -0.4 is 5.32 Å². The second kappa shape index (κ2) is 3.73. The van der Waals surface area contributed by atoms with Crippen LogP contribution in [0.1, 0.15) is 38.8 Å². The maximum Gasteiger partial charge on any atom is 0.0950 e. The Bertz CT molecular complexity index is 297. The largest absolute Gasteiger partial charge is 0.337 e. The van der Waals surface area contributed by atoms with Crippen LogP contribution in [0.5, 0.6) is 0 Å². The zero-order valence-corrected chi connectivity index (χ0v) is 9.08. The van der Waals surface area contributed by atoms with E-state index in [2.05, 4.69) is 34.9 Å². The summed E-state index contributed by atoms with van der Waals surface area (Å²) in [6, 6.07) is 0. The number of nitrogens with zero attached hydrogens (tertiary/aromatic N) is 2. The fourth-order valence-electron chi connectivity index (χ4n) is 2.29. The van der Waals surface area contributed by atoms with Crippen molar-refractivity contribution >= 4 is 0 Å². The summed E-state index contributed by atoms with van der Waals surface area (Å²) in [5.74, 6) is 0. The molecule has 14 heavy (non-hydrogen) atoms. The van der Waals surface area contributed by atoms with Crippen LogP contribution >= 0.6 is 0 Å². The Balaban J connectivity index is 2.26. The van der Waals surface area contributed by atoms with Crippen LogP contribution in [0.15, 0.2) is 12.5 Å². The Morgan fingerprint density at radius 1 is 1.57 bits per heavy atom. The number of hydrogen-bond donors (Lipinski definition) is 1. The molecule has 1 N–H and O–H groups in total. The van der Waals surface area contributed by atoms with Crippen LogP contribution in [-0.2, 0) is 12.1 Å². The van der Waals surface area contributed by atoms with Crippen LogP contribution in [0.25, 0.3) is 0 Å². The number of hydrogen-bond acceptors (Lipinski definition) is 2. The highest BCUT2D eigenvalue weighted by molar-refractivity contribution is 5.14. The van der Waals surface area contributed by atoms with Crippen molar-refractivity contribution in [3.05, 3.63) is 18.2 Å². The lowest BCUT2D eigenvalue weighted by Crippen LogP contribution is -2.36. The quantitative estimate of drug-likeness (QED) is 0.794. The van der Waals surface area contributed by atoms with E-state index in [1.54, 1.807) is 0 Å². The molecule has 0 spiro atoms. The van der Waals surface area contributed by atoms with Gasteiger partial charge in [-0.3, -0.25) is 0 Å². The van der Waals surface area contributed by atoms with Crippen molar-refractivity contribution in [1.82, 2.24) is 14.9 Å². The van der Waals surface area contributed by atoms with Gasteiger partial charge in [-0.15, -0.1) is 0 Å². The van der Waals surface area contributed by atoms with Crippen molar-refractivity contribution in [3.63, 3.8) is 0 Å². The van der Waals surface area contributed by atoms with E-state index in [1.807, 2.05) is 6.33 Å². The first kappa shape index (κ1) is 9.71. The van der Waals surface area contributed by atoms with Crippen molar-refractivity contribution < 1.29 is 0 Å². The summed E-state index contributed by atoms with van der Waals surface area (Å²) in [5, 5.41) is 3.60. The molecule has 1 unspecified atom stereocenters. The molecular weight excluding hydrogens is 174 g/mol. The molecule has 1 aliphatic rings. The maximum absolute atomic E-state index is 4.51. The fraction of sp³-hybridized carbons (Fsp3) is 0.727. The van der Waals surface area contributed by atoms with Crippen LogP contribution in [0, 0.1) is 0 Å². The highest BCUT2D eigenvalue weighted by atomic mass is 15.1. The highest BCUT2D eigenvalue weighted by Crippen LogP contribution is 2.32. The lowest BCUT2D eigenvalue weighted by molar-refractivity contribution is 0.366. The minimum absolute atomic E-state index is 0.167. The molecule has 2 rings (SSSR count). The van der Waals surface area contributed by atoms with Crippen molar-refractivity contribution in [2.75, 3.05) is 6.54 Å². The summed E-state index contributed by atoms with van der Waals surface area (Å²) in [5.41, 5.74) is 1.39. The molecule has 0 saturated carbocycles. The van der Waals surface area contributed by atoms with E-state index in [4.69, 9.17) is 0 Å². The second-order valence-corrected chi connectivity index (χ2v) is 4.06. The Morgan fingerprint density at radius 3 is 2.93 bits per heavy atom. The molecule has 0 radical (unpaired) electrons. The zero-order valence-electron chi connectivity index (χ0n) is 9.08. The lowest BCUT2D eigenvalue weighted by Gasteiger charge is -2.25. The van der Waals surface area contributed by atoms with Gasteiger partial charge in [0.15, 0.2) is 0 Å². The van der Waals surface area contributed by atoms with E-state index in [-0.39, 0.29) is 5.54 Å². The van der Waals surface area contributed by atoms with E-state index in [9.17, 15) is 0 Å². The summed E-state index contributed by atoms with van der Waals surface area (Å²) >= 11 is 0. The third-order valence-electron chi connectivity index (χ3n) is 3.34. The first-order valence-electron chi connectivity index (χ1n) is 5.58. The molecule has 1 fully saturated rings. The molecule has 0 amide bonds. The van der Waals surface area contributed by atoms with Gasteiger partial charge in [0.1, 0.15) is 0 Å². The van der Waals surface area contributed by atoms with Crippen molar-refractivity contribution in [2.45, 2.75) is 45.2 Å². The van der Waals surface area contributed by atoms with Gasteiger partial charge in [0.25, 0.3) is 0 Å². The first-order valence-corrected chi connectivity index (χ1v) is 5.58. The zero-order chi connectivity index (χ0) is 10.0. The lowest BCUT2D eigenvalue weighted by atomic mass is 9.91. The molecule has 78 valence electrons. The van der Waals surface area contributed by atoms with E-state index in [1.165, 1.54) is 18.5 Å². The van der Waals surface area contributed by atoms with E-state index >= 15 is 0 Å². The van der Waals surface area contributed by atoms with Gasteiger partial charge in [0, 0.05) is 12.7 Å². The average Bonchev–Trinajstić information content (AvgIpc) is 2.87. The van der Waals surface area contributed by atoms with Crippen LogP contribution in [0.2, 0.25) is 0 Å². The van der Waals surface area contributed by atoms with Crippen LogP contribution in [0.4, 0.5) is 0 Å². The molecule has 1 saturated heterocycles. The van der Waals surface area contributed by atoms with E-state index in [0.29, 0.717) is 0 Å². The number of aryl methyl sites for hydroxylation is 1. The van der Waals surface area contributed by atoms with E-state index in [0.717, 1.165) is 19.5 Å². The summed E-state index contributed by atoms with van der Waals surface area (Å²) < 4.78 is 2.15. The molecule has 3 heteroatoms. The first-order chi connectivity index (χ1) is 6.80. The van der Waals surface area contributed by atoms with Gasteiger partial charge in [-0.2, -0.15) is 0 Å². The third kappa shape index (κ3) is 1.46. The standard InChI is InChI=1S/C11H19N3/c1-3-11(6-5-7-13-11)10-8-14(4-2)9-12-10/h8-9,13H,3-7H2,1-2H3. The number of aromatic nitrogens is 2. The second-order valence-electron chi connectivity index (χ2n) is 4.06. The normalized spacial score (nSPS) is 27.0. The SMILES string of the molecule is CCn1cnc(C2(CC)CCCN2)c1. The van der Waals surface area contributed by atoms with Crippen molar-refractivity contribution in [2.24, 2.45) is 0 Å². The Labute approximate surface area is 85.5 Å². The topological polar surface area (TPSA) is 29.9 Å². The van der Waals surface area contributed by atoms with Crippen LogP contribution in [-0.4, -0.2) is 16.1 Å². The molecule has 1 aromatic heterocycles. The molecule has 0 aromatic carbocycles. The Kier molecular flexibility index (Phi) is 2.59. The van der Waals surface area contributed by atoms with Gasteiger partial charge in [0.2, 0.25) is 0 Å². The monoisotopic (exact) mass is 193 g/mol. The smallest absolute Gasteiger partial charge is 0.0950 e. The summed E-state index contributed by atoms with van der Waals surface area (Å²) in [7, 11) is 0.